The molecule has 1 heterocycles. The second-order valence-electron chi connectivity index (χ2n) is 6.73. The number of carbonyl (C=O) groups excluding carboxylic acids is 2. The van der Waals surface area contributed by atoms with Gasteiger partial charge in [-0.15, -0.1) is 0 Å². The summed E-state index contributed by atoms with van der Waals surface area (Å²) in [5.41, 5.74) is 1.68. The van der Waals surface area contributed by atoms with Crippen LogP contribution < -0.4 is 19.5 Å². The van der Waals surface area contributed by atoms with E-state index in [4.69, 9.17) is 18.9 Å². The van der Waals surface area contributed by atoms with Gasteiger partial charge >= 0.3 is 5.97 Å². The molecule has 2 aromatic rings. The maximum absolute atomic E-state index is 12.2. The Morgan fingerprint density at radius 1 is 1.10 bits per heavy atom. The third kappa shape index (κ3) is 6.01. The number of rotatable bonds is 7. The molecule has 0 saturated carbocycles. The highest BCUT2D eigenvalue weighted by Crippen LogP contribution is 2.30. The second kappa shape index (κ2) is 10.3. The number of amides is 1. The summed E-state index contributed by atoms with van der Waals surface area (Å²) in [5, 5.41) is 2.74. The average molecular weight is 411 g/mol. The van der Waals surface area contributed by atoms with Gasteiger partial charge in [-0.1, -0.05) is 18.2 Å². The summed E-state index contributed by atoms with van der Waals surface area (Å²) in [6.45, 7) is 3.07. The van der Waals surface area contributed by atoms with Crippen molar-refractivity contribution < 1.29 is 28.5 Å². The molecule has 3 rings (SSSR count). The van der Waals surface area contributed by atoms with Crippen LogP contribution in [0.3, 0.4) is 0 Å². The molecule has 7 nitrogen and oxygen atoms in total. The highest BCUT2D eigenvalue weighted by Gasteiger charge is 2.16. The van der Waals surface area contributed by atoms with Crippen LogP contribution in [-0.4, -0.2) is 38.3 Å². The lowest BCUT2D eigenvalue weighted by molar-refractivity contribution is -0.150. The summed E-state index contributed by atoms with van der Waals surface area (Å²) < 4.78 is 21.5. The number of benzene rings is 2. The van der Waals surface area contributed by atoms with Crippen LogP contribution in [-0.2, 0) is 20.9 Å². The van der Waals surface area contributed by atoms with Crippen LogP contribution in [0.1, 0.15) is 24.5 Å². The molecule has 158 valence electrons. The molecular weight excluding hydrogens is 386 g/mol. The fourth-order valence-electron chi connectivity index (χ4n) is 2.79. The zero-order chi connectivity index (χ0) is 21.3. The number of hydrogen-bond acceptors (Lipinski definition) is 6. The third-order valence-corrected chi connectivity index (χ3v) is 4.47. The molecule has 7 heteroatoms. The minimum atomic E-state index is -0.913. The van der Waals surface area contributed by atoms with E-state index in [0.29, 0.717) is 31.3 Å². The van der Waals surface area contributed by atoms with Crippen LogP contribution in [0.15, 0.2) is 48.5 Å². The van der Waals surface area contributed by atoms with E-state index in [1.165, 1.54) is 13.0 Å². The van der Waals surface area contributed by atoms with Gasteiger partial charge in [0, 0.05) is 19.0 Å². The van der Waals surface area contributed by atoms with Crippen LogP contribution in [0.2, 0.25) is 0 Å². The smallest absolute Gasteiger partial charge is 0.331 e. The highest BCUT2D eigenvalue weighted by molar-refractivity contribution is 5.90. The number of nitrogens with one attached hydrogen (secondary N) is 1. The average Bonchev–Trinajstić information content (AvgIpc) is 3.01. The standard InChI is InChI=1S/C23H25NO6/c1-16(23(26)24-15-18-4-8-19(27-2)9-5-18)30-22(25)11-7-17-6-10-20-21(14-17)29-13-3-12-28-20/h4-11,14,16H,3,12-13,15H2,1-2H3,(H,24,26)/b11-7+/t16-/m0/s1. The number of carbonyl (C=O) groups is 2. The van der Waals surface area contributed by atoms with Crippen molar-refractivity contribution in [2.24, 2.45) is 0 Å². The van der Waals surface area contributed by atoms with Crippen LogP contribution in [0, 0.1) is 0 Å². The lowest BCUT2D eigenvalue weighted by Gasteiger charge is -2.12. The van der Waals surface area contributed by atoms with Crippen molar-refractivity contribution in [3.05, 3.63) is 59.7 Å². The lowest BCUT2D eigenvalue weighted by Crippen LogP contribution is -2.35. The highest BCUT2D eigenvalue weighted by atomic mass is 16.5. The molecule has 1 N–H and O–H groups in total. The molecule has 0 bridgehead atoms. The Bertz CT molecular complexity index is 906. The predicted molar refractivity (Wildman–Crippen MR) is 111 cm³/mol. The first-order valence-corrected chi connectivity index (χ1v) is 9.74. The van der Waals surface area contributed by atoms with Crippen LogP contribution >= 0.6 is 0 Å². The maximum atomic E-state index is 12.2. The molecule has 0 unspecified atom stereocenters. The van der Waals surface area contributed by atoms with E-state index in [2.05, 4.69) is 5.32 Å². The number of fused-ring (bicyclic) bond motifs is 1. The summed E-state index contributed by atoms with van der Waals surface area (Å²) in [7, 11) is 1.59. The SMILES string of the molecule is COc1ccc(CNC(=O)[C@H](C)OC(=O)/C=C/c2ccc3c(c2)OCCCO3)cc1. The van der Waals surface area contributed by atoms with Crippen LogP contribution in [0.25, 0.3) is 6.08 Å². The fourth-order valence-corrected chi connectivity index (χ4v) is 2.79. The van der Waals surface area contributed by atoms with Gasteiger partial charge in [0.2, 0.25) is 0 Å². The molecule has 0 radical (unpaired) electrons. The number of methoxy groups -OCH3 is 1. The molecular formula is C23H25NO6. The summed E-state index contributed by atoms with van der Waals surface area (Å²) in [4.78, 5) is 24.2. The number of ether oxygens (including phenoxy) is 4. The Morgan fingerprint density at radius 3 is 2.57 bits per heavy atom. The first-order chi connectivity index (χ1) is 14.5. The van der Waals surface area contributed by atoms with Crippen LogP contribution in [0.5, 0.6) is 17.2 Å². The van der Waals surface area contributed by atoms with Crippen molar-refractivity contribution in [1.82, 2.24) is 5.32 Å². The normalized spacial score (nSPS) is 13.9. The quantitative estimate of drug-likeness (QED) is 0.557. The molecule has 30 heavy (non-hydrogen) atoms. The molecule has 0 saturated heterocycles. The Labute approximate surface area is 175 Å². The Kier molecular flexibility index (Phi) is 7.32. The van der Waals surface area contributed by atoms with Crippen LogP contribution in [0.4, 0.5) is 0 Å². The molecule has 2 aromatic carbocycles. The fraction of sp³-hybridized carbons (Fsp3) is 0.304. The van der Waals surface area contributed by atoms with Gasteiger partial charge in [0.15, 0.2) is 17.6 Å². The van der Waals surface area contributed by atoms with E-state index in [-0.39, 0.29) is 5.91 Å². The van der Waals surface area contributed by atoms with E-state index >= 15 is 0 Å². The van der Waals surface area contributed by atoms with Crippen molar-refractivity contribution in [3.63, 3.8) is 0 Å². The molecule has 0 aliphatic carbocycles. The topological polar surface area (TPSA) is 83.1 Å². The monoisotopic (exact) mass is 411 g/mol. The molecule has 0 aromatic heterocycles. The first kappa shape index (κ1) is 21.2. The minimum absolute atomic E-state index is 0.331. The maximum Gasteiger partial charge on any atom is 0.331 e. The van der Waals surface area contributed by atoms with Gasteiger partial charge in [-0.25, -0.2) is 4.79 Å². The molecule has 1 atom stereocenters. The molecule has 0 spiro atoms. The van der Waals surface area contributed by atoms with Gasteiger partial charge in [0.25, 0.3) is 5.91 Å². The van der Waals surface area contributed by atoms with Gasteiger partial charge in [-0.3, -0.25) is 4.79 Å². The minimum Gasteiger partial charge on any atom is -0.497 e. The van der Waals surface area contributed by atoms with E-state index in [1.54, 1.807) is 25.3 Å². The van der Waals surface area contributed by atoms with Crippen molar-refractivity contribution in [3.8, 4) is 17.2 Å². The second-order valence-corrected chi connectivity index (χ2v) is 6.73. The van der Waals surface area contributed by atoms with Gasteiger partial charge in [0.1, 0.15) is 5.75 Å². The number of esters is 1. The predicted octanol–water partition coefficient (Wildman–Crippen LogP) is 3.12. The number of hydrogen-bond donors (Lipinski definition) is 1. The molecule has 1 aliphatic rings. The van der Waals surface area contributed by atoms with Gasteiger partial charge in [-0.2, -0.15) is 0 Å². The summed E-state index contributed by atoms with van der Waals surface area (Å²) >= 11 is 0. The first-order valence-electron chi connectivity index (χ1n) is 9.74. The Hall–Kier alpha value is -3.48. The summed E-state index contributed by atoms with van der Waals surface area (Å²) in [6.07, 6.45) is 2.81. The van der Waals surface area contributed by atoms with Crippen molar-refractivity contribution in [1.29, 1.82) is 0 Å². The zero-order valence-corrected chi connectivity index (χ0v) is 17.1. The van der Waals surface area contributed by atoms with Crippen molar-refractivity contribution >= 4 is 18.0 Å². The van der Waals surface area contributed by atoms with Gasteiger partial charge in [-0.05, 0) is 48.4 Å². The van der Waals surface area contributed by atoms with Gasteiger partial charge < -0.3 is 24.3 Å². The molecule has 1 amide bonds. The third-order valence-electron chi connectivity index (χ3n) is 4.47. The zero-order valence-electron chi connectivity index (χ0n) is 17.1. The van der Waals surface area contributed by atoms with E-state index in [9.17, 15) is 9.59 Å². The summed E-state index contributed by atoms with van der Waals surface area (Å²) in [5.74, 6) is 1.11. The lowest BCUT2D eigenvalue weighted by atomic mass is 10.2. The Morgan fingerprint density at radius 2 is 1.83 bits per heavy atom. The van der Waals surface area contributed by atoms with Gasteiger partial charge in [0.05, 0.1) is 20.3 Å². The van der Waals surface area contributed by atoms with E-state index < -0.39 is 12.1 Å². The largest absolute Gasteiger partial charge is 0.497 e. The van der Waals surface area contributed by atoms with E-state index in [0.717, 1.165) is 23.3 Å². The van der Waals surface area contributed by atoms with E-state index in [1.807, 2.05) is 30.3 Å². The van der Waals surface area contributed by atoms with Crippen molar-refractivity contribution in [2.75, 3.05) is 20.3 Å². The molecule has 0 fully saturated rings. The summed E-state index contributed by atoms with van der Waals surface area (Å²) in [6, 6.07) is 12.8. The Balaban J connectivity index is 1.48. The van der Waals surface area contributed by atoms with Crippen molar-refractivity contribution in [2.45, 2.75) is 26.0 Å². The molecule has 1 aliphatic heterocycles.